The number of rotatable bonds is 1. The maximum absolute atomic E-state index is 4.89. The van der Waals surface area contributed by atoms with Gasteiger partial charge in [0.1, 0.15) is 0 Å². The van der Waals surface area contributed by atoms with Gasteiger partial charge in [0.05, 0.1) is 0 Å². The molecule has 0 spiro atoms. The van der Waals surface area contributed by atoms with Crippen LogP contribution >= 0.6 is 18.6 Å². The zero-order chi connectivity index (χ0) is 12.8. The molecule has 18 heavy (non-hydrogen) atoms. The first-order chi connectivity index (χ1) is 8.86. The van der Waals surface area contributed by atoms with Gasteiger partial charge < -0.3 is 0 Å². The van der Waals surface area contributed by atoms with Gasteiger partial charge in [0.25, 0.3) is 0 Å². The number of hydrogen-bond donors (Lipinski definition) is 0. The molecule has 0 radical (unpaired) electrons. The Morgan fingerprint density at radius 2 is 1.61 bits per heavy atom. The van der Waals surface area contributed by atoms with Crippen molar-refractivity contribution in [2.75, 3.05) is 0 Å². The third kappa shape index (κ3) is 3.27. The third-order valence-electron chi connectivity index (χ3n) is 2.90. The van der Waals surface area contributed by atoms with Crippen LogP contribution in [0, 0.1) is 0 Å². The summed E-state index contributed by atoms with van der Waals surface area (Å²) >= 11 is -0.556. The minimum atomic E-state index is -0.556. The first kappa shape index (κ1) is 13.9. The molecule has 1 aliphatic carbocycles. The van der Waals surface area contributed by atoms with Crippen LogP contribution < -0.4 is 0 Å². The Labute approximate surface area is 124 Å². The Balaban J connectivity index is 0.000000367. The van der Waals surface area contributed by atoms with Crippen LogP contribution in [0.15, 0.2) is 54.6 Å². The van der Waals surface area contributed by atoms with Crippen molar-refractivity contribution in [2.45, 2.75) is 6.42 Å². The summed E-state index contributed by atoms with van der Waals surface area (Å²) in [5, 5.41) is 0. The molecule has 3 heteroatoms. The Morgan fingerprint density at radius 1 is 0.889 bits per heavy atom. The van der Waals surface area contributed by atoms with Crippen LogP contribution in [0.3, 0.4) is 0 Å². The first-order valence-electron chi connectivity index (χ1n) is 5.67. The fourth-order valence-electron chi connectivity index (χ4n) is 2.16. The summed E-state index contributed by atoms with van der Waals surface area (Å²) in [5.41, 5.74) is 5.49. The molecule has 0 aliphatic heterocycles. The SMILES string of the molecule is C1=Cc2c(cccc2-c2ccccc2)C1.[Cl][Ti][Cl]. The minimum absolute atomic E-state index is 0.556. The van der Waals surface area contributed by atoms with Gasteiger partial charge >= 0.3 is 35.6 Å². The second kappa shape index (κ2) is 7.16. The summed E-state index contributed by atoms with van der Waals surface area (Å²) in [4.78, 5) is 0. The van der Waals surface area contributed by atoms with Crippen molar-refractivity contribution >= 4 is 24.7 Å². The number of fused-ring (bicyclic) bond motifs is 1. The molecule has 90 valence electrons. The Hall–Kier alpha value is -0.526. The fourth-order valence-corrected chi connectivity index (χ4v) is 2.16. The van der Waals surface area contributed by atoms with Gasteiger partial charge in [-0.1, -0.05) is 60.7 Å². The van der Waals surface area contributed by atoms with E-state index in [-0.39, 0.29) is 0 Å². The average molecular weight is 311 g/mol. The monoisotopic (exact) mass is 310 g/mol. The summed E-state index contributed by atoms with van der Waals surface area (Å²) in [6.07, 6.45) is 5.55. The van der Waals surface area contributed by atoms with Gasteiger partial charge in [-0.2, -0.15) is 0 Å². The van der Waals surface area contributed by atoms with Gasteiger partial charge in [-0.25, -0.2) is 0 Å². The van der Waals surface area contributed by atoms with Crippen molar-refractivity contribution in [3.05, 3.63) is 65.7 Å². The molecule has 1 aliphatic rings. The molecule has 0 fully saturated rings. The molecule has 0 N–H and O–H groups in total. The van der Waals surface area contributed by atoms with Crippen LogP contribution in [0.2, 0.25) is 0 Å². The summed E-state index contributed by atoms with van der Waals surface area (Å²) in [6, 6.07) is 17.1. The predicted molar refractivity (Wildman–Crippen MR) is 76.3 cm³/mol. The van der Waals surface area contributed by atoms with Crippen LogP contribution in [0.4, 0.5) is 0 Å². The van der Waals surface area contributed by atoms with Gasteiger partial charge in [-0.05, 0) is 28.7 Å². The molecule has 0 unspecified atom stereocenters. The Morgan fingerprint density at radius 3 is 2.33 bits per heavy atom. The molecule has 0 saturated heterocycles. The molecule has 0 bridgehead atoms. The van der Waals surface area contributed by atoms with E-state index >= 15 is 0 Å². The Bertz CT molecular complexity index is 535. The van der Waals surface area contributed by atoms with E-state index in [2.05, 4.69) is 60.7 Å². The van der Waals surface area contributed by atoms with Crippen LogP contribution in [0.1, 0.15) is 11.1 Å². The zero-order valence-corrected chi connectivity index (χ0v) is 12.8. The molecule has 0 aromatic heterocycles. The van der Waals surface area contributed by atoms with E-state index in [1.165, 1.54) is 22.3 Å². The van der Waals surface area contributed by atoms with Gasteiger partial charge in [0, 0.05) is 0 Å². The molecular formula is C15H12Cl2Ti. The normalized spacial score (nSPS) is 11.4. The van der Waals surface area contributed by atoms with Gasteiger partial charge in [-0.3, -0.25) is 0 Å². The molecule has 0 atom stereocenters. The topological polar surface area (TPSA) is 0 Å². The quantitative estimate of drug-likeness (QED) is 0.627. The van der Waals surface area contributed by atoms with E-state index < -0.39 is 17.0 Å². The van der Waals surface area contributed by atoms with Crippen LogP contribution in [-0.4, -0.2) is 0 Å². The molecule has 0 saturated carbocycles. The standard InChI is InChI=1S/C15H12.2ClH.Ti/c1-2-6-12(7-3-1)14-10-4-8-13-9-5-11-15(13)14;;;/h1-8,10-11H,9H2;2*1H;/q;;;+2/p-2. The summed E-state index contributed by atoms with van der Waals surface area (Å²) in [6.45, 7) is 0. The van der Waals surface area contributed by atoms with Crippen LogP contribution in [0.25, 0.3) is 17.2 Å². The maximum atomic E-state index is 4.89. The summed E-state index contributed by atoms with van der Waals surface area (Å²) < 4.78 is 0. The second-order valence-corrected chi connectivity index (χ2v) is 6.50. The Kier molecular flexibility index (Phi) is 5.53. The molecule has 2 aromatic carbocycles. The van der Waals surface area contributed by atoms with Crippen LogP contribution in [0.5, 0.6) is 0 Å². The average Bonchev–Trinajstić information content (AvgIpc) is 2.89. The molecule has 0 heterocycles. The third-order valence-corrected chi connectivity index (χ3v) is 2.90. The van der Waals surface area contributed by atoms with Crippen molar-refractivity contribution in [3.8, 4) is 11.1 Å². The second-order valence-electron chi connectivity index (χ2n) is 3.92. The number of halogens is 2. The van der Waals surface area contributed by atoms with E-state index in [1.807, 2.05) is 0 Å². The zero-order valence-electron chi connectivity index (χ0n) is 9.74. The first-order valence-corrected chi connectivity index (χ1v) is 9.96. The number of allylic oxidation sites excluding steroid dienone is 1. The van der Waals surface area contributed by atoms with E-state index in [0.29, 0.717) is 0 Å². The molecule has 0 amide bonds. The van der Waals surface area contributed by atoms with Crippen molar-refractivity contribution in [1.82, 2.24) is 0 Å². The van der Waals surface area contributed by atoms with Crippen molar-refractivity contribution in [2.24, 2.45) is 0 Å². The number of benzene rings is 2. The van der Waals surface area contributed by atoms with E-state index in [9.17, 15) is 0 Å². The molecule has 3 rings (SSSR count). The van der Waals surface area contributed by atoms with Gasteiger partial charge in [0.15, 0.2) is 0 Å². The molecule has 0 nitrogen and oxygen atoms in total. The number of hydrogen-bond acceptors (Lipinski definition) is 0. The van der Waals surface area contributed by atoms with Crippen molar-refractivity contribution in [3.63, 3.8) is 0 Å². The predicted octanol–water partition coefficient (Wildman–Crippen LogP) is 5.30. The van der Waals surface area contributed by atoms with Gasteiger partial charge in [-0.15, -0.1) is 0 Å². The summed E-state index contributed by atoms with van der Waals surface area (Å²) in [7, 11) is 9.78. The van der Waals surface area contributed by atoms with Crippen molar-refractivity contribution in [1.29, 1.82) is 0 Å². The molecular weight excluding hydrogens is 299 g/mol. The van der Waals surface area contributed by atoms with E-state index in [1.54, 1.807) is 0 Å². The van der Waals surface area contributed by atoms with Crippen LogP contribution in [-0.2, 0) is 23.5 Å². The summed E-state index contributed by atoms with van der Waals surface area (Å²) in [5.74, 6) is 0. The fraction of sp³-hybridized carbons (Fsp3) is 0.0667. The van der Waals surface area contributed by atoms with Gasteiger partial charge in [0.2, 0.25) is 0 Å². The van der Waals surface area contributed by atoms with E-state index in [4.69, 9.17) is 18.6 Å². The van der Waals surface area contributed by atoms with Crippen molar-refractivity contribution < 1.29 is 17.0 Å². The molecule has 2 aromatic rings. The van der Waals surface area contributed by atoms with E-state index in [0.717, 1.165) is 6.42 Å².